The largest absolute Gasteiger partial charge is 0.369 e. The van der Waals surface area contributed by atoms with E-state index >= 15 is 0 Å². The lowest BCUT2D eigenvalue weighted by Crippen LogP contribution is -2.07. The molecule has 0 bridgehead atoms. The zero-order chi connectivity index (χ0) is 15.6. The van der Waals surface area contributed by atoms with Gasteiger partial charge in [-0.2, -0.15) is 5.10 Å². The average Bonchev–Trinajstić information content (AvgIpc) is 3.20. The standard InChI is InChI=1S/C20H21N3/c1-2-16-10-6-7-11-19(16)23-20-17(12-13-21-20)18(22-23)14-15-8-4-3-5-9-15/h3-11,21H,2,12-14H2,1H3. The first-order chi connectivity index (χ1) is 11.4. The molecule has 2 aromatic carbocycles. The highest BCUT2D eigenvalue weighted by atomic mass is 15.3. The van der Waals surface area contributed by atoms with Gasteiger partial charge < -0.3 is 5.32 Å². The molecule has 116 valence electrons. The van der Waals surface area contributed by atoms with Crippen molar-refractivity contribution < 1.29 is 0 Å². The van der Waals surface area contributed by atoms with E-state index in [1.54, 1.807) is 0 Å². The smallest absolute Gasteiger partial charge is 0.133 e. The number of para-hydroxylation sites is 1. The van der Waals surface area contributed by atoms with Gasteiger partial charge in [0, 0.05) is 18.5 Å². The minimum Gasteiger partial charge on any atom is -0.369 e. The Labute approximate surface area is 137 Å². The molecule has 0 spiro atoms. The third kappa shape index (κ3) is 2.52. The van der Waals surface area contributed by atoms with E-state index in [-0.39, 0.29) is 0 Å². The Kier molecular flexibility index (Phi) is 3.62. The molecule has 0 aliphatic carbocycles. The van der Waals surface area contributed by atoms with Crippen molar-refractivity contribution in [3.8, 4) is 5.69 Å². The molecule has 0 saturated carbocycles. The van der Waals surface area contributed by atoms with Crippen LogP contribution in [0.2, 0.25) is 0 Å². The molecule has 0 amide bonds. The second kappa shape index (κ2) is 5.92. The number of aryl methyl sites for hydroxylation is 1. The van der Waals surface area contributed by atoms with Crippen LogP contribution in [0.25, 0.3) is 5.69 Å². The maximum absolute atomic E-state index is 4.96. The van der Waals surface area contributed by atoms with E-state index in [4.69, 9.17) is 5.10 Å². The zero-order valence-electron chi connectivity index (χ0n) is 13.4. The van der Waals surface area contributed by atoms with E-state index in [0.29, 0.717) is 0 Å². The van der Waals surface area contributed by atoms with Crippen molar-refractivity contribution in [1.82, 2.24) is 9.78 Å². The van der Waals surface area contributed by atoms with Crippen molar-refractivity contribution in [2.45, 2.75) is 26.2 Å². The molecule has 0 unspecified atom stereocenters. The Morgan fingerprint density at radius 2 is 1.83 bits per heavy atom. The monoisotopic (exact) mass is 303 g/mol. The number of benzene rings is 2. The van der Waals surface area contributed by atoms with Gasteiger partial charge in [-0.3, -0.25) is 0 Å². The Balaban J connectivity index is 1.79. The molecule has 0 radical (unpaired) electrons. The van der Waals surface area contributed by atoms with Gasteiger partial charge in [0.05, 0.1) is 11.4 Å². The van der Waals surface area contributed by atoms with Crippen molar-refractivity contribution >= 4 is 5.82 Å². The predicted molar refractivity (Wildman–Crippen MR) is 94.4 cm³/mol. The Morgan fingerprint density at radius 1 is 1.04 bits per heavy atom. The fraction of sp³-hybridized carbons (Fsp3) is 0.250. The summed E-state index contributed by atoms with van der Waals surface area (Å²) in [6, 6.07) is 19.1. The summed E-state index contributed by atoms with van der Waals surface area (Å²) in [5, 5.41) is 8.49. The van der Waals surface area contributed by atoms with Crippen LogP contribution >= 0.6 is 0 Å². The first kappa shape index (κ1) is 14.1. The van der Waals surface area contributed by atoms with Crippen LogP contribution in [0.1, 0.15) is 29.3 Å². The van der Waals surface area contributed by atoms with Crippen LogP contribution in [0.3, 0.4) is 0 Å². The van der Waals surface area contributed by atoms with Crippen LogP contribution in [-0.4, -0.2) is 16.3 Å². The molecule has 1 aromatic heterocycles. The molecule has 1 aliphatic heterocycles. The number of nitrogens with one attached hydrogen (secondary N) is 1. The van der Waals surface area contributed by atoms with Gasteiger partial charge >= 0.3 is 0 Å². The molecular formula is C20H21N3. The molecule has 1 aliphatic rings. The number of anilines is 1. The zero-order valence-corrected chi connectivity index (χ0v) is 13.4. The van der Waals surface area contributed by atoms with Gasteiger partial charge in [-0.1, -0.05) is 55.5 Å². The summed E-state index contributed by atoms with van der Waals surface area (Å²) in [5.74, 6) is 1.18. The fourth-order valence-electron chi connectivity index (χ4n) is 3.37. The molecule has 0 saturated heterocycles. The molecule has 23 heavy (non-hydrogen) atoms. The van der Waals surface area contributed by atoms with Crippen molar-refractivity contribution in [3.63, 3.8) is 0 Å². The topological polar surface area (TPSA) is 29.9 Å². The molecule has 4 rings (SSSR count). The molecule has 0 fully saturated rings. The van der Waals surface area contributed by atoms with Crippen LogP contribution in [0.4, 0.5) is 5.82 Å². The molecule has 0 atom stereocenters. The third-order valence-electron chi connectivity index (χ3n) is 4.55. The van der Waals surface area contributed by atoms with Crippen LogP contribution in [0.5, 0.6) is 0 Å². The molecule has 3 aromatic rings. The van der Waals surface area contributed by atoms with E-state index in [0.717, 1.165) is 25.8 Å². The second-order valence-electron chi connectivity index (χ2n) is 6.01. The summed E-state index contributed by atoms with van der Waals surface area (Å²) in [4.78, 5) is 0. The Bertz CT molecular complexity index is 818. The summed E-state index contributed by atoms with van der Waals surface area (Å²) in [6.07, 6.45) is 2.97. The quantitative estimate of drug-likeness (QED) is 0.789. The van der Waals surface area contributed by atoms with E-state index in [9.17, 15) is 0 Å². The molecule has 2 heterocycles. The van der Waals surface area contributed by atoms with E-state index in [2.05, 4.69) is 71.5 Å². The Morgan fingerprint density at radius 3 is 2.65 bits per heavy atom. The molecule has 3 nitrogen and oxygen atoms in total. The summed E-state index contributed by atoms with van der Waals surface area (Å²) < 4.78 is 2.11. The number of fused-ring (bicyclic) bond motifs is 1. The van der Waals surface area contributed by atoms with E-state index in [1.165, 1.54) is 33.9 Å². The van der Waals surface area contributed by atoms with E-state index < -0.39 is 0 Å². The minimum atomic E-state index is 0.895. The van der Waals surface area contributed by atoms with Gasteiger partial charge in [-0.25, -0.2) is 4.68 Å². The van der Waals surface area contributed by atoms with Crippen molar-refractivity contribution in [2.24, 2.45) is 0 Å². The van der Waals surface area contributed by atoms with E-state index in [1.807, 2.05) is 0 Å². The highest BCUT2D eigenvalue weighted by Gasteiger charge is 2.23. The SMILES string of the molecule is CCc1ccccc1-n1nc(Cc2ccccc2)c2c1NCC2. The van der Waals surface area contributed by atoms with Crippen LogP contribution < -0.4 is 5.32 Å². The van der Waals surface area contributed by atoms with Gasteiger partial charge in [-0.15, -0.1) is 0 Å². The van der Waals surface area contributed by atoms with Gasteiger partial charge in [0.25, 0.3) is 0 Å². The van der Waals surface area contributed by atoms with Crippen molar-refractivity contribution in [1.29, 1.82) is 0 Å². The van der Waals surface area contributed by atoms with Crippen molar-refractivity contribution in [2.75, 3.05) is 11.9 Å². The van der Waals surface area contributed by atoms with Crippen LogP contribution in [0, 0.1) is 0 Å². The predicted octanol–water partition coefficient (Wildman–Crippen LogP) is 3.99. The number of rotatable bonds is 4. The molecule has 3 heteroatoms. The lowest BCUT2D eigenvalue weighted by molar-refractivity contribution is 0.829. The number of nitrogens with zero attached hydrogens (tertiary/aromatic N) is 2. The lowest BCUT2D eigenvalue weighted by atomic mass is 10.1. The average molecular weight is 303 g/mol. The van der Waals surface area contributed by atoms with Crippen LogP contribution in [0.15, 0.2) is 54.6 Å². The highest BCUT2D eigenvalue weighted by Crippen LogP contribution is 2.31. The van der Waals surface area contributed by atoms with Crippen LogP contribution in [-0.2, 0) is 19.3 Å². The lowest BCUT2D eigenvalue weighted by Gasteiger charge is -2.10. The first-order valence-corrected chi connectivity index (χ1v) is 8.33. The highest BCUT2D eigenvalue weighted by molar-refractivity contribution is 5.59. The summed E-state index contributed by atoms with van der Waals surface area (Å²) >= 11 is 0. The summed E-state index contributed by atoms with van der Waals surface area (Å²) in [6.45, 7) is 3.20. The number of hydrogen-bond acceptors (Lipinski definition) is 2. The van der Waals surface area contributed by atoms with Crippen molar-refractivity contribution in [3.05, 3.63) is 77.0 Å². The number of hydrogen-bond donors (Lipinski definition) is 1. The third-order valence-corrected chi connectivity index (χ3v) is 4.55. The van der Waals surface area contributed by atoms with Gasteiger partial charge in [0.1, 0.15) is 5.82 Å². The second-order valence-corrected chi connectivity index (χ2v) is 6.01. The summed E-state index contributed by atoms with van der Waals surface area (Å²) in [5.41, 5.74) is 6.41. The maximum Gasteiger partial charge on any atom is 0.133 e. The Hall–Kier alpha value is -2.55. The first-order valence-electron chi connectivity index (χ1n) is 8.33. The molecule has 1 N–H and O–H groups in total. The fourth-order valence-corrected chi connectivity index (χ4v) is 3.37. The van der Waals surface area contributed by atoms with Gasteiger partial charge in [0.15, 0.2) is 0 Å². The minimum absolute atomic E-state index is 0.895. The number of aromatic nitrogens is 2. The van der Waals surface area contributed by atoms with Gasteiger partial charge in [-0.05, 0) is 30.0 Å². The molecular weight excluding hydrogens is 282 g/mol. The normalized spacial score (nSPS) is 12.9. The van der Waals surface area contributed by atoms with Gasteiger partial charge in [0.2, 0.25) is 0 Å². The maximum atomic E-state index is 4.96. The summed E-state index contributed by atoms with van der Waals surface area (Å²) in [7, 11) is 0.